The zero-order valence-electron chi connectivity index (χ0n) is 7.45. The van der Waals surface area contributed by atoms with Crippen LogP contribution in [-0.4, -0.2) is 21.0 Å². The molecule has 0 saturated heterocycles. The molecular weight excluding hydrogens is 260 g/mol. The summed E-state index contributed by atoms with van der Waals surface area (Å²) in [5, 5.41) is 11.4. The summed E-state index contributed by atoms with van der Waals surface area (Å²) in [4.78, 5) is 11.5. The Kier molecular flexibility index (Phi) is 4.22. The van der Waals surface area contributed by atoms with Crippen LogP contribution in [0.2, 0.25) is 0 Å². The second-order valence-electron chi connectivity index (χ2n) is 2.78. The van der Waals surface area contributed by atoms with Crippen molar-refractivity contribution in [1.82, 2.24) is 5.32 Å². The van der Waals surface area contributed by atoms with Crippen molar-refractivity contribution < 1.29 is 9.90 Å². The normalized spacial score (nSPS) is 13.3. The lowest BCUT2D eigenvalue weighted by Gasteiger charge is -2.19. The van der Waals surface area contributed by atoms with E-state index in [2.05, 4.69) is 5.32 Å². The molecule has 0 radical (unpaired) electrons. The molecule has 82 valence electrons. The number of aliphatic hydroxyl groups excluding tert-OH is 1. The van der Waals surface area contributed by atoms with E-state index in [0.717, 1.165) is 0 Å². The molecule has 0 spiro atoms. The van der Waals surface area contributed by atoms with Crippen LogP contribution in [0.5, 0.6) is 0 Å². The maximum atomic E-state index is 11.5. The largest absolute Gasteiger partial charge is 0.369 e. The molecule has 15 heavy (non-hydrogen) atoms. The van der Waals surface area contributed by atoms with Crippen LogP contribution in [-0.2, 0) is 0 Å². The zero-order valence-corrected chi connectivity index (χ0v) is 9.72. The number of carbonyl (C=O) groups excluding carboxylic acids is 1. The Labute approximate surface area is 102 Å². The average Bonchev–Trinajstić information content (AvgIpc) is 2.17. The molecule has 1 aromatic carbocycles. The van der Waals surface area contributed by atoms with Crippen molar-refractivity contribution in [3.8, 4) is 0 Å². The van der Waals surface area contributed by atoms with Crippen LogP contribution in [0, 0.1) is 0 Å². The third kappa shape index (κ3) is 3.87. The molecule has 0 aliphatic carbocycles. The fourth-order valence-electron chi connectivity index (χ4n) is 0.879. The number of amides is 1. The van der Waals surface area contributed by atoms with Crippen molar-refractivity contribution in [1.29, 1.82) is 0 Å². The minimum absolute atomic E-state index is 0.380. The fraction of sp³-hybridized carbons (Fsp3) is 0.222. The first kappa shape index (κ1) is 12.6. The van der Waals surface area contributed by atoms with E-state index < -0.39 is 15.9 Å². The molecule has 0 unspecified atom stereocenters. The van der Waals surface area contributed by atoms with Gasteiger partial charge in [0.1, 0.15) is 0 Å². The summed E-state index contributed by atoms with van der Waals surface area (Å²) in [6, 6.07) is 8.32. The highest BCUT2D eigenvalue weighted by Gasteiger charge is 2.32. The molecule has 1 amide bonds. The fourth-order valence-corrected chi connectivity index (χ4v) is 1.04. The standard InChI is InChI=1S/C9H8Cl3NO2/c10-9(11,12)8(15)13-7(14)6-4-2-1-3-5-6/h1-5,8,15H,(H,13,14)/t8-/m0/s1. The second kappa shape index (κ2) is 5.03. The van der Waals surface area contributed by atoms with Crippen LogP contribution >= 0.6 is 34.8 Å². The van der Waals surface area contributed by atoms with Gasteiger partial charge in [-0.2, -0.15) is 0 Å². The van der Waals surface area contributed by atoms with E-state index in [1.165, 1.54) is 0 Å². The van der Waals surface area contributed by atoms with Gasteiger partial charge >= 0.3 is 0 Å². The highest BCUT2D eigenvalue weighted by molar-refractivity contribution is 6.68. The number of hydrogen-bond acceptors (Lipinski definition) is 2. The Morgan fingerprint density at radius 1 is 1.27 bits per heavy atom. The Morgan fingerprint density at radius 2 is 1.80 bits per heavy atom. The molecule has 0 aliphatic rings. The van der Waals surface area contributed by atoms with E-state index in [9.17, 15) is 9.90 Å². The first-order chi connectivity index (χ1) is 6.91. The summed E-state index contributed by atoms with van der Waals surface area (Å²) in [5.74, 6) is -0.505. The van der Waals surface area contributed by atoms with Gasteiger partial charge in [-0.25, -0.2) is 0 Å². The molecule has 0 saturated carbocycles. The van der Waals surface area contributed by atoms with Gasteiger partial charge in [0.2, 0.25) is 3.79 Å². The molecule has 1 aromatic rings. The summed E-state index contributed by atoms with van der Waals surface area (Å²) in [5.41, 5.74) is 0.380. The highest BCUT2D eigenvalue weighted by atomic mass is 35.6. The summed E-state index contributed by atoms with van der Waals surface area (Å²) >= 11 is 16.1. The third-order valence-corrected chi connectivity index (χ3v) is 2.23. The van der Waals surface area contributed by atoms with Crippen LogP contribution in [0.3, 0.4) is 0 Å². The van der Waals surface area contributed by atoms with Crippen LogP contribution in [0.25, 0.3) is 0 Å². The molecule has 3 nitrogen and oxygen atoms in total. The SMILES string of the molecule is O=C(N[C@@H](O)C(Cl)(Cl)Cl)c1ccccc1. The van der Waals surface area contributed by atoms with Crippen molar-refractivity contribution in [2.75, 3.05) is 0 Å². The minimum atomic E-state index is -1.94. The van der Waals surface area contributed by atoms with Crippen LogP contribution < -0.4 is 5.32 Å². The van der Waals surface area contributed by atoms with Gasteiger partial charge in [0.15, 0.2) is 6.23 Å². The predicted octanol–water partition coefficient (Wildman–Crippen LogP) is 2.10. The van der Waals surface area contributed by atoms with Gasteiger partial charge in [0, 0.05) is 5.56 Å². The molecule has 0 aromatic heterocycles. The average molecular weight is 269 g/mol. The van der Waals surface area contributed by atoms with Gasteiger partial charge in [-0.3, -0.25) is 4.79 Å². The summed E-state index contributed by atoms with van der Waals surface area (Å²) in [7, 11) is 0. The zero-order chi connectivity index (χ0) is 11.5. The summed E-state index contributed by atoms with van der Waals surface area (Å²) in [6.07, 6.45) is -1.55. The minimum Gasteiger partial charge on any atom is -0.369 e. The molecule has 0 heterocycles. The van der Waals surface area contributed by atoms with Crippen molar-refractivity contribution in [3.05, 3.63) is 35.9 Å². The molecule has 0 aliphatic heterocycles. The van der Waals surface area contributed by atoms with E-state index in [1.807, 2.05) is 0 Å². The lowest BCUT2D eigenvalue weighted by atomic mass is 10.2. The van der Waals surface area contributed by atoms with Gasteiger partial charge < -0.3 is 10.4 Å². The number of benzene rings is 1. The predicted molar refractivity (Wildman–Crippen MR) is 60.2 cm³/mol. The molecule has 2 N–H and O–H groups in total. The highest BCUT2D eigenvalue weighted by Crippen LogP contribution is 2.28. The first-order valence-electron chi connectivity index (χ1n) is 4.02. The van der Waals surface area contributed by atoms with Gasteiger partial charge in [-0.1, -0.05) is 53.0 Å². The number of alkyl halides is 3. The second-order valence-corrected chi connectivity index (χ2v) is 5.15. The number of carbonyl (C=O) groups is 1. The van der Waals surface area contributed by atoms with Crippen LogP contribution in [0.1, 0.15) is 10.4 Å². The van der Waals surface area contributed by atoms with Crippen LogP contribution in [0.4, 0.5) is 0 Å². The van der Waals surface area contributed by atoms with E-state index in [1.54, 1.807) is 30.3 Å². The summed E-state index contributed by atoms with van der Waals surface area (Å²) in [6.45, 7) is 0. The molecule has 6 heteroatoms. The quantitative estimate of drug-likeness (QED) is 0.637. The maximum absolute atomic E-state index is 11.5. The Hall–Kier alpha value is -0.480. The van der Waals surface area contributed by atoms with Gasteiger partial charge in [0.05, 0.1) is 0 Å². The smallest absolute Gasteiger partial charge is 0.253 e. The van der Waals surface area contributed by atoms with E-state index in [-0.39, 0.29) is 0 Å². The van der Waals surface area contributed by atoms with E-state index in [0.29, 0.717) is 5.56 Å². The van der Waals surface area contributed by atoms with E-state index >= 15 is 0 Å². The summed E-state index contributed by atoms with van der Waals surface area (Å²) < 4.78 is -1.94. The Bertz CT molecular complexity index is 337. The van der Waals surface area contributed by atoms with E-state index in [4.69, 9.17) is 34.8 Å². The van der Waals surface area contributed by atoms with Gasteiger partial charge in [-0.05, 0) is 12.1 Å². The monoisotopic (exact) mass is 267 g/mol. The number of rotatable bonds is 2. The molecule has 0 bridgehead atoms. The topological polar surface area (TPSA) is 49.3 Å². The third-order valence-electron chi connectivity index (χ3n) is 1.61. The lowest BCUT2D eigenvalue weighted by molar-refractivity contribution is 0.0792. The van der Waals surface area contributed by atoms with Crippen LogP contribution in [0.15, 0.2) is 30.3 Å². The molecular formula is C9H8Cl3NO2. The molecule has 1 atom stereocenters. The number of hydrogen-bond donors (Lipinski definition) is 2. The number of halogens is 3. The van der Waals surface area contributed by atoms with Gasteiger partial charge in [-0.15, -0.1) is 0 Å². The van der Waals surface area contributed by atoms with Crippen molar-refractivity contribution >= 4 is 40.7 Å². The Morgan fingerprint density at radius 3 is 2.27 bits per heavy atom. The number of aliphatic hydroxyl groups is 1. The Balaban J connectivity index is 2.65. The van der Waals surface area contributed by atoms with Gasteiger partial charge in [0.25, 0.3) is 5.91 Å². The lowest BCUT2D eigenvalue weighted by Crippen LogP contribution is -2.43. The van der Waals surface area contributed by atoms with Crippen molar-refractivity contribution in [2.24, 2.45) is 0 Å². The molecule has 0 fully saturated rings. The first-order valence-corrected chi connectivity index (χ1v) is 5.15. The van der Waals surface area contributed by atoms with Crippen molar-refractivity contribution in [2.45, 2.75) is 10.0 Å². The maximum Gasteiger partial charge on any atom is 0.253 e. The molecule has 1 rings (SSSR count). The number of nitrogens with one attached hydrogen (secondary N) is 1. The van der Waals surface area contributed by atoms with Crippen molar-refractivity contribution in [3.63, 3.8) is 0 Å².